The summed E-state index contributed by atoms with van der Waals surface area (Å²) >= 11 is 3.45. The SMILES string of the molecule is CN1CCC(NCc2cc(F)ccc2Br)CC1. The van der Waals surface area contributed by atoms with Gasteiger partial charge in [0.1, 0.15) is 5.82 Å². The fourth-order valence-corrected chi connectivity index (χ4v) is 2.53. The van der Waals surface area contributed by atoms with Crippen LogP contribution in [0.5, 0.6) is 0 Å². The molecule has 4 heteroatoms. The number of halogens is 2. The van der Waals surface area contributed by atoms with Gasteiger partial charge in [0, 0.05) is 17.1 Å². The second-order valence-corrected chi connectivity index (χ2v) is 5.55. The Hall–Kier alpha value is -0.450. The third-order valence-electron chi connectivity index (χ3n) is 3.31. The quantitative estimate of drug-likeness (QED) is 0.923. The largest absolute Gasteiger partial charge is 0.310 e. The first-order chi connectivity index (χ1) is 8.15. The summed E-state index contributed by atoms with van der Waals surface area (Å²) in [6.45, 7) is 3.01. The Morgan fingerprint density at radius 2 is 2.12 bits per heavy atom. The van der Waals surface area contributed by atoms with Gasteiger partial charge in [-0.15, -0.1) is 0 Å². The molecule has 1 fully saturated rings. The van der Waals surface area contributed by atoms with Gasteiger partial charge in [0.25, 0.3) is 0 Å². The van der Waals surface area contributed by atoms with E-state index in [1.165, 1.54) is 18.9 Å². The maximum absolute atomic E-state index is 13.1. The van der Waals surface area contributed by atoms with Gasteiger partial charge in [0.05, 0.1) is 0 Å². The van der Waals surface area contributed by atoms with E-state index in [0.29, 0.717) is 6.04 Å². The Bertz CT molecular complexity index is 376. The summed E-state index contributed by atoms with van der Waals surface area (Å²) in [7, 11) is 2.15. The van der Waals surface area contributed by atoms with Crippen molar-refractivity contribution in [2.75, 3.05) is 20.1 Å². The zero-order chi connectivity index (χ0) is 12.3. The van der Waals surface area contributed by atoms with E-state index in [4.69, 9.17) is 0 Å². The molecule has 0 spiro atoms. The van der Waals surface area contributed by atoms with Crippen LogP contribution in [0.4, 0.5) is 4.39 Å². The molecule has 0 aliphatic carbocycles. The van der Waals surface area contributed by atoms with Gasteiger partial charge >= 0.3 is 0 Å². The molecule has 1 heterocycles. The normalized spacial score (nSPS) is 18.5. The van der Waals surface area contributed by atoms with Gasteiger partial charge in [0.2, 0.25) is 0 Å². The minimum absolute atomic E-state index is 0.173. The predicted molar refractivity (Wildman–Crippen MR) is 71.5 cm³/mol. The molecule has 0 bridgehead atoms. The minimum Gasteiger partial charge on any atom is -0.310 e. The molecule has 0 saturated carbocycles. The van der Waals surface area contributed by atoms with Crippen LogP contribution in [0.25, 0.3) is 0 Å². The molecule has 1 aliphatic heterocycles. The third-order valence-corrected chi connectivity index (χ3v) is 4.08. The summed E-state index contributed by atoms with van der Waals surface area (Å²) in [5, 5.41) is 3.50. The van der Waals surface area contributed by atoms with Crippen molar-refractivity contribution in [2.45, 2.75) is 25.4 Å². The summed E-state index contributed by atoms with van der Waals surface area (Å²) < 4.78 is 14.1. The second kappa shape index (κ2) is 5.94. The van der Waals surface area contributed by atoms with E-state index in [1.807, 2.05) is 0 Å². The van der Waals surface area contributed by atoms with Gasteiger partial charge < -0.3 is 10.2 Å². The van der Waals surface area contributed by atoms with Crippen LogP contribution in [0.15, 0.2) is 22.7 Å². The van der Waals surface area contributed by atoms with Crippen molar-refractivity contribution in [3.8, 4) is 0 Å². The Labute approximate surface area is 110 Å². The molecule has 0 radical (unpaired) electrons. The van der Waals surface area contributed by atoms with Crippen LogP contribution in [0, 0.1) is 5.82 Å². The van der Waals surface area contributed by atoms with E-state index < -0.39 is 0 Å². The number of benzene rings is 1. The molecule has 94 valence electrons. The number of hydrogen-bond acceptors (Lipinski definition) is 2. The van der Waals surface area contributed by atoms with Gasteiger partial charge in [-0.2, -0.15) is 0 Å². The highest BCUT2D eigenvalue weighted by Crippen LogP contribution is 2.18. The molecule has 0 unspecified atom stereocenters. The molecule has 1 aliphatic rings. The summed E-state index contributed by atoms with van der Waals surface area (Å²) in [5.74, 6) is -0.173. The Morgan fingerprint density at radius 1 is 1.41 bits per heavy atom. The van der Waals surface area contributed by atoms with Gasteiger partial charge in [-0.05, 0) is 56.7 Å². The smallest absolute Gasteiger partial charge is 0.123 e. The topological polar surface area (TPSA) is 15.3 Å². The molecule has 1 aromatic carbocycles. The fourth-order valence-electron chi connectivity index (χ4n) is 2.15. The van der Waals surface area contributed by atoms with E-state index in [9.17, 15) is 4.39 Å². The number of likely N-dealkylation sites (tertiary alicyclic amines) is 1. The summed E-state index contributed by atoms with van der Waals surface area (Å²) in [5.41, 5.74) is 0.990. The lowest BCUT2D eigenvalue weighted by Crippen LogP contribution is -2.40. The van der Waals surface area contributed by atoms with Crippen LogP contribution in [0.1, 0.15) is 18.4 Å². The predicted octanol–water partition coefficient (Wildman–Crippen LogP) is 2.77. The zero-order valence-electron chi connectivity index (χ0n) is 10.0. The first-order valence-electron chi connectivity index (χ1n) is 6.01. The highest BCUT2D eigenvalue weighted by atomic mass is 79.9. The lowest BCUT2D eigenvalue weighted by atomic mass is 10.1. The molecule has 2 nitrogen and oxygen atoms in total. The average molecular weight is 301 g/mol. The standard InChI is InChI=1S/C13H18BrFN2/c1-17-6-4-12(5-7-17)16-9-10-8-11(15)2-3-13(10)14/h2-3,8,12,16H,4-7,9H2,1H3. The molecule has 0 amide bonds. The lowest BCUT2D eigenvalue weighted by molar-refractivity contribution is 0.234. The van der Waals surface area contributed by atoms with Gasteiger partial charge in [0.15, 0.2) is 0 Å². The van der Waals surface area contributed by atoms with Crippen LogP contribution in [-0.4, -0.2) is 31.1 Å². The molecule has 2 rings (SSSR count). The average Bonchev–Trinajstić information content (AvgIpc) is 2.32. The molecule has 0 aromatic heterocycles. The number of rotatable bonds is 3. The first-order valence-corrected chi connectivity index (χ1v) is 6.80. The van der Waals surface area contributed by atoms with Crippen molar-refractivity contribution in [3.63, 3.8) is 0 Å². The van der Waals surface area contributed by atoms with E-state index in [0.717, 1.165) is 29.7 Å². The van der Waals surface area contributed by atoms with Crippen molar-refractivity contribution in [1.82, 2.24) is 10.2 Å². The lowest BCUT2D eigenvalue weighted by Gasteiger charge is -2.29. The molecule has 1 N–H and O–H groups in total. The number of nitrogens with one attached hydrogen (secondary N) is 1. The highest BCUT2D eigenvalue weighted by molar-refractivity contribution is 9.10. The van der Waals surface area contributed by atoms with Crippen LogP contribution >= 0.6 is 15.9 Å². The molecular weight excluding hydrogens is 283 g/mol. The van der Waals surface area contributed by atoms with Crippen LogP contribution in [0.3, 0.4) is 0 Å². The molecular formula is C13H18BrFN2. The van der Waals surface area contributed by atoms with E-state index >= 15 is 0 Å². The monoisotopic (exact) mass is 300 g/mol. The minimum atomic E-state index is -0.173. The second-order valence-electron chi connectivity index (χ2n) is 4.69. The summed E-state index contributed by atoms with van der Waals surface area (Å²) in [6.07, 6.45) is 2.34. The van der Waals surface area contributed by atoms with E-state index in [1.54, 1.807) is 12.1 Å². The maximum Gasteiger partial charge on any atom is 0.123 e. The first kappa shape index (κ1) is 13.0. The van der Waals surface area contributed by atoms with Crippen LogP contribution < -0.4 is 5.32 Å². The fraction of sp³-hybridized carbons (Fsp3) is 0.538. The van der Waals surface area contributed by atoms with Crippen LogP contribution in [0.2, 0.25) is 0 Å². The Kier molecular flexibility index (Phi) is 4.54. The number of piperidine rings is 1. The van der Waals surface area contributed by atoms with Crippen LogP contribution in [-0.2, 0) is 6.54 Å². The zero-order valence-corrected chi connectivity index (χ0v) is 11.6. The summed E-state index contributed by atoms with van der Waals surface area (Å²) in [6, 6.07) is 5.39. The Balaban J connectivity index is 1.87. The van der Waals surface area contributed by atoms with Gasteiger partial charge in [-0.1, -0.05) is 15.9 Å². The van der Waals surface area contributed by atoms with Gasteiger partial charge in [-0.25, -0.2) is 4.39 Å². The molecule has 0 atom stereocenters. The van der Waals surface area contributed by atoms with Crippen molar-refractivity contribution in [3.05, 3.63) is 34.1 Å². The number of hydrogen-bond donors (Lipinski definition) is 1. The van der Waals surface area contributed by atoms with Crippen molar-refractivity contribution in [2.24, 2.45) is 0 Å². The summed E-state index contributed by atoms with van der Waals surface area (Å²) in [4.78, 5) is 2.34. The highest BCUT2D eigenvalue weighted by Gasteiger charge is 2.16. The van der Waals surface area contributed by atoms with E-state index in [2.05, 4.69) is 33.2 Å². The molecule has 1 aromatic rings. The molecule has 17 heavy (non-hydrogen) atoms. The third kappa shape index (κ3) is 3.76. The van der Waals surface area contributed by atoms with Crippen molar-refractivity contribution >= 4 is 15.9 Å². The maximum atomic E-state index is 13.1. The van der Waals surface area contributed by atoms with Crippen molar-refractivity contribution < 1.29 is 4.39 Å². The Morgan fingerprint density at radius 3 is 2.82 bits per heavy atom. The van der Waals surface area contributed by atoms with E-state index in [-0.39, 0.29) is 5.82 Å². The van der Waals surface area contributed by atoms with Crippen molar-refractivity contribution in [1.29, 1.82) is 0 Å². The van der Waals surface area contributed by atoms with Gasteiger partial charge in [-0.3, -0.25) is 0 Å². The molecule has 1 saturated heterocycles. The number of nitrogens with zero attached hydrogens (tertiary/aromatic N) is 1.